The van der Waals surface area contributed by atoms with E-state index in [1.165, 1.54) is 0 Å². The second kappa shape index (κ2) is 7.40. The van der Waals surface area contributed by atoms with Crippen molar-refractivity contribution in [3.63, 3.8) is 0 Å². The summed E-state index contributed by atoms with van der Waals surface area (Å²) in [5.41, 5.74) is 0. The molecule has 0 aliphatic carbocycles. The van der Waals surface area contributed by atoms with Crippen molar-refractivity contribution in [3.8, 4) is 6.07 Å². The first kappa shape index (κ1) is 14.3. The van der Waals surface area contributed by atoms with E-state index in [2.05, 4.69) is 6.07 Å². The molecule has 0 unspecified atom stereocenters. The molecule has 0 fully saturated rings. The maximum absolute atomic E-state index is 8.14. The van der Waals surface area contributed by atoms with E-state index in [9.17, 15) is 0 Å². The molecular formula is C5H11Cl3N2P+. The van der Waals surface area contributed by atoms with E-state index in [1.54, 1.807) is 0 Å². The number of nitriles is 1. The van der Waals surface area contributed by atoms with E-state index in [-0.39, 0.29) is 0 Å². The number of halogens is 3. The van der Waals surface area contributed by atoms with Gasteiger partial charge in [-0.05, 0) is 0 Å². The standard InChI is InChI=1S/C5H11N2.Cl3P/c1-7(2,3)5-4-6;1-4(2)3/h5H2,1-3H3;/q+1;. The van der Waals surface area contributed by atoms with Crippen LogP contribution < -0.4 is 0 Å². The molecule has 0 saturated heterocycles. The van der Waals surface area contributed by atoms with Gasteiger partial charge in [0.15, 0.2) is 12.5 Å². The summed E-state index contributed by atoms with van der Waals surface area (Å²) >= 11 is 14.6. The molecule has 66 valence electrons. The van der Waals surface area contributed by atoms with Gasteiger partial charge >= 0.3 is 0 Å². The van der Waals surface area contributed by atoms with Gasteiger partial charge in [0.05, 0.1) is 21.1 Å². The molecule has 0 amide bonds. The Balaban J connectivity index is 0. The van der Waals surface area contributed by atoms with Crippen LogP contribution >= 0.6 is 39.7 Å². The van der Waals surface area contributed by atoms with Gasteiger partial charge in [-0.1, -0.05) is 33.7 Å². The summed E-state index contributed by atoms with van der Waals surface area (Å²) in [7, 11) is 5.97. The van der Waals surface area contributed by atoms with Gasteiger partial charge < -0.3 is 4.48 Å². The number of quaternary nitrogens is 1. The molecule has 0 aliphatic heterocycles. The van der Waals surface area contributed by atoms with Crippen LogP contribution in [0, 0.1) is 11.3 Å². The molecule has 0 aliphatic rings. The normalized spacial score (nSPS) is 10.0. The minimum Gasteiger partial charge on any atom is -0.319 e. The third kappa shape index (κ3) is 36.5. The lowest BCUT2D eigenvalue weighted by molar-refractivity contribution is -0.863. The van der Waals surface area contributed by atoms with E-state index in [1.807, 2.05) is 21.1 Å². The fourth-order valence-corrected chi connectivity index (χ4v) is 0.212. The first-order chi connectivity index (χ1) is 4.79. The van der Waals surface area contributed by atoms with E-state index in [0.717, 1.165) is 4.48 Å². The second-order valence-electron chi connectivity index (χ2n) is 2.80. The van der Waals surface area contributed by atoms with Crippen molar-refractivity contribution in [1.29, 1.82) is 5.26 Å². The number of rotatable bonds is 1. The molecule has 0 aromatic rings. The van der Waals surface area contributed by atoms with Gasteiger partial charge in [0.25, 0.3) is 0 Å². The Morgan fingerprint density at radius 1 is 1.27 bits per heavy atom. The van der Waals surface area contributed by atoms with Gasteiger partial charge in [-0.3, -0.25) is 0 Å². The van der Waals surface area contributed by atoms with Crippen LogP contribution in [-0.4, -0.2) is 32.2 Å². The zero-order valence-corrected chi connectivity index (χ0v) is 9.84. The number of hydrogen-bond donors (Lipinski definition) is 0. The lowest BCUT2D eigenvalue weighted by Gasteiger charge is -2.18. The maximum Gasteiger partial charge on any atom is 0.179 e. The zero-order chi connectivity index (χ0) is 9.49. The highest BCUT2D eigenvalue weighted by Gasteiger charge is 2.01. The first-order valence-electron chi connectivity index (χ1n) is 2.74. The van der Waals surface area contributed by atoms with Gasteiger partial charge in [0.1, 0.15) is 6.07 Å². The molecule has 0 radical (unpaired) electrons. The van der Waals surface area contributed by atoms with Crippen molar-refractivity contribution < 1.29 is 4.48 Å². The molecular weight excluding hydrogens is 225 g/mol. The van der Waals surface area contributed by atoms with Crippen molar-refractivity contribution >= 4 is 39.7 Å². The summed E-state index contributed by atoms with van der Waals surface area (Å²) in [5.74, 6) is -1.20. The number of hydrogen-bond acceptors (Lipinski definition) is 1. The monoisotopic (exact) mass is 235 g/mol. The van der Waals surface area contributed by atoms with Crippen LogP contribution in [-0.2, 0) is 0 Å². The fourth-order valence-electron chi connectivity index (χ4n) is 0.212. The lowest BCUT2D eigenvalue weighted by Crippen LogP contribution is -2.34. The van der Waals surface area contributed by atoms with Gasteiger partial charge in [0, 0.05) is 0 Å². The fraction of sp³-hybridized carbons (Fsp3) is 0.800. The molecule has 2 nitrogen and oxygen atoms in total. The number of nitrogens with zero attached hydrogens (tertiary/aromatic N) is 2. The van der Waals surface area contributed by atoms with Crippen molar-refractivity contribution in [1.82, 2.24) is 0 Å². The summed E-state index contributed by atoms with van der Waals surface area (Å²) in [4.78, 5) is 0. The van der Waals surface area contributed by atoms with Gasteiger partial charge in [-0.2, -0.15) is 5.26 Å². The third-order valence-corrected chi connectivity index (χ3v) is 0.545. The summed E-state index contributed by atoms with van der Waals surface area (Å²) < 4.78 is 0.733. The van der Waals surface area contributed by atoms with Crippen LogP contribution in [0.5, 0.6) is 0 Å². The molecule has 0 spiro atoms. The Labute approximate surface area is 83.4 Å². The van der Waals surface area contributed by atoms with Gasteiger partial charge in [-0.15, -0.1) is 0 Å². The van der Waals surface area contributed by atoms with Crippen molar-refractivity contribution in [2.75, 3.05) is 27.7 Å². The summed E-state index contributed by atoms with van der Waals surface area (Å²) in [6, 6.07) is 2.08. The molecule has 0 bridgehead atoms. The van der Waals surface area contributed by atoms with Gasteiger partial charge in [-0.25, -0.2) is 0 Å². The molecule has 0 N–H and O–H groups in total. The van der Waals surface area contributed by atoms with E-state index < -0.39 is 5.98 Å². The minimum absolute atomic E-state index is 0.583. The van der Waals surface area contributed by atoms with E-state index in [4.69, 9.17) is 39.0 Å². The molecule has 0 saturated carbocycles. The Kier molecular flexibility index (Phi) is 9.61. The van der Waals surface area contributed by atoms with Crippen LogP contribution in [0.4, 0.5) is 0 Å². The average molecular weight is 236 g/mol. The Hall–Kier alpha value is 0.750. The maximum atomic E-state index is 8.14. The van der Waals surface area contributed by atoms with E-state index >= 15 is 0 Å². The minimum atomic E-state index is -1.20. The second-order valence-corrected chi connectivity index (χ2v) is 7.78. The molecule has 6 heteroatoms. The molecule has 0 rings (SSSR count). The SMILES string of the molecule is C[N+](C)(C)CC#N.ClP(Cl)Cl. The molecule has 11 heavy (non-hydrogen) atoms. The van der Waals surface area contributed by atoms with Crippen LogP contribution in [0.25, 0.3) is 0 Å². The third-order valence-electron chi connectivity index (χ3n) is 0.545. The van der Waals surface area contributed by atoms with Crippen molar-refractivity contribution in [2.45, 2.75) is 0 Å². The van der Waals surface area contributed by atoms with Crippen molar-refractivity contribution in [3.05, 3.63) is 0 Å². The Morgan fingerprint density at radius 2 is 1.55 bits per heavy atom. The summed E-state index contributed by atoms with van der Waals surface area (Å²) in [6.07, 6.45) is 0. The average Bonchev–Trinajstić information content (AvgIpc) is 1.58. The van der Waals surface area contributed by atoms with Crippen LogP contribution in [0.1, 0.15) is 0 Å². The first-order valence-corrected chi connectivity index (χ1v) is 6.80. The lowest BCUT2D eigenvalue weighted by atomic mass is 10.6. The highest BCUT2D eigenvalue weighted by atomic mass is 36.0. The predicted octanol–water partition coefficient (Wildman–Crippen LogP) is 3.15. The molecule has 0 heterocycles. The van der Waals surface area contributed by atoms with Crippen LogP contribution in [0.15, 0.2) is 0 Å². The zero-order valence-electron chi connectivity index (χ0n) is 6.68. The van der Waals surface area contributed by atoms with Crippen LogP contribution in [0.3, 0.4) is 0 Å². The largest absolute Gasteiger partial charge is 0.319 e. The highest BCUT2D eigenvalue weighted by molar-refractivity contribution is 8.20. The van der Waals surface area contributed by atoms with Crippen molar-refractivity contribution in [2.24, 2.45) is 0 Å². The topological polar surface area (TPSA) is 23.8 Å². The predicted molar refractivity (Wildman–Crippen MR) is 53.0 cm³/mol. The van der Waals surface area contributed by atoms with E-state index in [0.29, 0.717) is 6.54 Å². The molecule has 0 aromatic heterocycles. The summed E-state index contributed by atoms with van der Waals surface area (Å²) in [6.45, 7) is 0.583. The molecule has 0 atom stereocenters. The van der Waals surface area contributed by atoms with Gasteiger partial charge in [0.2, 0.25) is 0 Å². The smallest absolute Gasteiger partial charge is 0.179 e. The molecule has 0 aromatic carbocycles. The quantitative estimate of drug-likeness (QED) is 0.390. The highest BCUT2D eigenvalue weighted by Crippen LogP contribution is 2.51. The van der Waals surface area contributed by atoms with Crippen LogP contribution in [0.2, 0.25) is 0 Å². The Bertz CT molecular complexity index is 124. The summed E-state index contributed by atoms with van der Waals surface area (Å²) in [5, 5.41) is 8.14. The Morgan fingerprint density at radius 3 is 1.55 bits per heavy atom.